The van der Waals surface area contributed by atoms with Gasteiger partial charge < -0.3 is 20.3 Å². The molecule has 0 amide bonds. The number of aliphatic hydroxyl groups is 1. The van der Waals surface area contributed by atoms with E-state index in [1.165, 1.54) is 0 Å². The van der Waals surface area contributed by atoms with Gasteiger partial charge in [0.25, 0.3) is 0 Å². The summed E-state index contributed by atoms with van der Waals surface area (Å²) in [5.74, 6) is 1.13. The second-order valence-electron chi connectivity index (χ2n) is 4.24. The minimum Gasteiger partial charge on any atom is -0.493 e. The van der Waals surface area contributed by atoms with Gasteiger partial charge in [-0.2, -0.15) is 0 Å². The van der Waals surface area contributed by atoms with E-state index in [-0.39, 0.29) is 12.5 Å². The molecule has 0 aliphatic carbocycles. The van der Waals surface area contributed by atoms with E-state index in [0.29, 0.717) is 18.0 Å². The SMILES string of the molecule is COc1cc2ccnc(C(CN)CO)c2cc1OC. The largest absolute Gasteiger partial charge is 0.493 e. The highest BCUT2D eigenvalue weighted by atomic mass is 16.5. The lowest BCUT2D eigenvalue weighted by atomic mass is 9.99. The molecule has 0 aliphatic heterocycles. The lowest BCUT2D eigenvalue weighted by Crippen LogP contribution is -2.17. The molecule has 1 atom stereocenters. The van der Waals surface area contributed by atoms with Crippen molar-refractivity contribution in [1.29, 1.82) is 0 Å². The van der Waals surface area contributed by atoms with Crippen LogP contribution in [0.2, 0.25) is 0 Å². The number of hydrogen-bond donors (Lipinski definition) is 2. The molecule has 1 aromatic heterocycles. The van der Waals surface area contributed by atoms with Crippen molar-refractivity contribution in [3.05, 3.63) is 30.1 Å². The molecule has 1 unspecified atom stereocenters. The summed E-state index contributed by atoms with van der Waals surface area (Å²) in [6.45, 7) is 0.313. The van der Waals surface area contributed by atoms with Crippen LogP contribution in [0, 0.1) is 0 Å². The molecule has 1 aromatic carbocycles. The standard InChI is InChI=1S/C14H18N2O3/c1-18-12-5-9-3-4-16-14(10(7-15)8-17)11(9)6-13(12)19-2/h3-6,10,17H,7-8,15H2,1-2H3. The monoisotopic (exact) mass is 262 g/mol. The van der Waals surface area contributed by atoms with E-state index in [1.807, 2.05) is 18.2 Å². The van der Waals surface area contributed by atoms with Gasteiger partial charge in [-0.05, 0) is 23.6 Å². The molecule has 0 spiro atoms. The van der Waals surface area contributed by atoms with Gasteiger partial charge in [0.05, 0.1) is 26.5 Å². The first-order valence-electron chi connectivity index (χ1n) is 6.06. The van der Waals surface area contributed by atoms with Crippen LogP contribution in [0.4, 0.5) is 0 Å². The fourth-order valence-electron chi connectivity index (χ4n) is 2.12. The molecule has 5 heteroatoms. The zero-order valence-corrected chi connectivity index (χ0v) is 11.1. The number of nitrogens with two attached hydrogens (primary N) is 1. The summed E-state index contributed by atoms with van der Waals surface area (Å²) in [7, 11) is 3.19. The zero-order valence-electron chi connectivity index (χ0n) is 11.1. The Morgan fingerprint density at radius 2 is 1.95 bits per heavy atom. The normalized spacial score (nSPS) is 12.4. The van der Waals surface area contributed by atoms with E-state index in [0.717, 1.165) is 16.5 Å². The van der Waals surface area contributed by atoms with Gasteiger partial charge in [-0.1, -0.05) is 0 Å². The van der Waals surface area contributed by atoms with Crippen LogP contribution >= 0.6 is 0 Å². The van der Waals surface area contributed by atoms with Crippen molar-refractivity contribution in [2.24, 2.45) is 5.73 Å². The van der Waals surface area contributed by atoms with Crippen LogP contribution in [0.3, 0.4) is 0 Å². The molecule has 0 radical (unpaired) electrons. The number of aromatic nitrogens is 1. The Hall–Kier alpha value is -1.85. The zero-order chi connectivity index (χ0) is 13.8. The van der Waals surface area contributed by atoms with Gasteiger partial charge >= 0.3 is 0 Å². The molecule has 19 heavy (non-hydrogen) atoms. The molecule has 0 aliphatic rings. The van der Waals surface area contributed by atoms with E-state index >= 15 is 0 Å². The van der Waals surface area contributed by atoms with E-state index in [4.69, 9.17) is 15.2 Å². The number of ether oxygens (including phenoxy) is 2. The Kier molecular flexibility index (Phi) is 4.19. The van der Waals surface area contributed by atoms with Crippen LogP contribution in [-0.2, 0) is 0 Å². The minimum absolute atomic E-state index is 0.0308. The Morgan fingerprint density at radius 3 is 2.53 bits per heavy atom. The second kappa shape index (κ2) is 5.86. The Morgan fingerprint density at radius 1 is 1.26 bits per heavy atom. The first-order chi connectivity index (χ1) is 9.24. The van der Waals surface area contributed by atoms with E-state index in [1.54, 1.807) is 20.4 Å². The van der Waals surface area contributed by atoms with Crippen molar-refractivity contribution in [2.45, 2.75) is 5.92 Å². The molecule has 0 fully saturated rings. The molecule has 1 heterocycles. The van der Waals surface area contributed by atoms with Gasteiger partial charge in [0.15, 0.2) is 11.5 Å². The van der Waals surface area contributed by atoms with Crippen LogP contribution in [0.5, 0.6) is 11.5 Å². The predicted molar refractivity (Wildman–Crippen MR) is 73.7 cm³/mol. The van der Waals surface area contributed by atoms with Crippen molar-refractivity contribution in [2.75, 3.05) is 27.4 Å². The quantitative estimate of drug-likeness (QED) is 0.849. The molecule has 3 N–H and O–H groups in total. The number of nitrogens with zero attached hydrogens (tertiary/aromatic N) is 1. The summed E-state index contributed by atoms with van der Waals surface area (Å²) in [6.07, 6.45) is 1.71. The van der Waals surface area contributed by atoms with Crippen LogP contribution in [0.15, 0.2) is 24.4 Å². The molecule has 5 nitrogen and oxygen atoms in total. The van der Waals surface area contributed by atoms with E-state index in [2.05, 4.69) is 4.98 Å². The Bertz CT molecular complexity index is 568. The summed E-state index contributed by atoms with van der Waals surface area (Å²) < 4.78 is 10.6. The van der Waals surface area contributed by atoms with Crippen molar-refractivity contribution in [3.63, 3.8) is 0 Å². The number of pyridine rings is 1. The maximum absolute atomic E-state index is 9.39. The van der Waals surface area contributed by atoms with E-state index in [9.17, 15) is 5.11 Å². The van der Waals surface area contributed by atoms with E-state index < -0.39 is 0 Å². The molecular weight excluding hydrogens is 244 g/mol. The Labute approximate surface area is 112 Å². The molecule has 2 rings (SSSR count). The van der Waals surface area contributed by atoms with Crippen molar-refractivity contribution in [3.8, 4) is 11.5 Å². The van der Waals surface area contributed by atoms with Gasteiger partial charge in [0, 0.05) is 24.0 Å². The topological polar surface area (TPSA) is 77.6 Å². The summed E-state index contributed by atoms with van der Waals surface area (Å²) in [4.78, 5) is 4.34. The third-order valence-electron chi connectivity index (χ3n) is 3.19. The average molecular weight is 262 g/mol. The Balaban J connectivity index is 2.66. The van der Waals surface area contributed by atoms with Crippen LogP contribution in [0.25, 0.3) is 10.8 Å². The van der Waals surface area contributed by atoms with Crippen molar-refractivity contribution < 1.29 is 14.6 Å². The first kappa shape index (κ1) is 13.6. The summed E-state index contributed by atoms with van der Waals surface area (Å²) in [5.41, 5.74) is 6.46. The van der Waals surface area contributed by atoms with Crippen LogP contribution in [0.1, 0.15) is 11.6 Å². The highest BCUT2D eigenvalue weighted by Crippen LogP contribution is 2.34. The molecular formula is C14H18N2O3. The number of rotatable bonds is 5. The first-order valence-corrected chi connectivity index (χ1v) is 6.06. The lowest BCUT2D eigenvalue weighted by molar-refractivity contribution is 0.266. The molecule has 0 saturated carbocycles. The third kappa shape index (κ3) is 2.47. The maximum atomic E-state index is 9.39. The van der Waals surface area contributed by atoms with Crippen LogP contribution in [-0.4, -0.2) is 37.5 Å². The highest BCUT2D eigenvalue weighted by molar-refractivity contribution is 5.88. The molecule has 0 bridgehead atoms. The number of hydrogen-bond acceptors (Lipinski definition) is 5. The van der Waals surface area contributed by atoms with Gasteiger partial charge in [-0.25, -0.2) is 0 Å². The van der Waals surface area contributed by atoms with Gasteiger partial charge in [-0.15, -0.1) is 0 Å². The van der Waals surface area contributed by atoms with Gasteiger partial charge in [0.2, 0.25) is 0 Å². The molecule has 102 valence electrons. The summed E-state index contributed by atoms with van der Waals surface area (Å²) in [5, 5.41) is 11.3. The maximum Gasteiger partial charge on any atom is 0.161 e. The van der Waals surface area contributed by atoms with Crippen molar-refractivity contribution in [1.82, 2.24) is 4.98 Å². The van der Waals surface area contributed by atoms with Crippen LogP contribution < -0.4 is 15.2 Å². The number of methoxy groups -OCH3 is 2. The lowest BCUT2D eigenvalue weighted by Gasteiger charge is -2.15. The smallest absolute Gasteiger partial charge is 0.161 e. The highest BCUT2D eigenvalue weighted by Gasteiger charge is 2.15. The number of benzene rings is 1. The molecule has 0 saturated heterocycles. The van der Waals surface area contributed by atoms with Gasteiger partial charge in [-0.3, -0.25) is 4.98 Å². The fraction of sp³-hybridized carbons (Fsp3) is 0.357. The van der Waals surface area contributed by atoms with Gasteiger partial charge in [0.1, 0.15) is 0 Å². The number of fused-ring (bicyclic) bond motifs is 1. The predicted octanol–water partition coefficient (Wildman–Crippen LogP) is 1.29. The number of aliphatic hydroxyl groups excluding tert-OH is 1. The molecule has 2 aromatic rings. The second-order valence-corrected chi connectivity index (χ2v) is 4.24. The minimum atomic E-state index is -0.179. The third-order valence-corrected chi connectivity index (χ3v) is 3.19. The average Bonchev–Trinajstić information content (AvgIpc) is 2.47. The summed E-state index contributed by atoms with van der Waals surface area (Å²) in [6, 6.07) is 5.66. The van der Waals surface area contributed by atoms with Crippen molar-refractivity contribution >= 4 is 10.8 Å². The fourth-order valence-corrected chi connectivity index (χ4v) is 2.12. The summed E-state index contributed by atoms with van der Waals surface area (Å²) >= 11 is 0.